The molecular weight excluding hydrogens is 418 g/mol. The zero-order chi connectivity index (χ0) is 22.0. The van der Waals surface area contributed by atoms with Gasteiger partial charge in [0.25, 0.3) is 0 Å². The molecule has 0 aromatic heterocycles. The number of rotatable bonds is 13. The molecule has 0 unspecified atom stereocenters. The molecule has 8 nitrogen and oxygen atoms in total. The zero-order valence-corrected chi connectivity index (χ0v) is 22.2. The van der Waals surface area contributed by atoms with Gasteiger partial charge < -0.3 is 36.5 Å². The summed E-state index contributed by atoms with van der Waals surface area (Å²) in [5.74, 6) is 0.797. The second kappa shape index (κ2) is 13.0. The average molecular weight is 464 g/mol. The van der Waals surface area contributed by atoms with E-state index in [1.54, 1.807) is 28.4 Å². The van der Waals surface area contributed by atoms with Crippen molar-refractivity contribution in [3.63, 3.8) is 0 Å². The van der Waals surface area contributed by atoms with Gasteiger partial charge in [-0.15, -0.1) is 0 Å². The number of nitrogens with zero attached hydrogens (tertiary/aromatic N) is 3. The highest BCUT2D eigenvalue weighted by molar-refractivity contribution is 6.75. The fraction of sp³-hybridized carbons (Fsp3) is 1.00. The summed E-state index contributed by atoms with van der Waals surface area (Å²) in [5, 5.41) is 0. The van der Waals surface area contributed by atoms with Crippen LogP contribution in [0.2, 0.25) is 12.1 Å². The van der Waals surface area contributed by atoms with Gasteiger partial charge in [-0.25, -0.2) is 0 Å². The van der Waals surface area contributed by atoms with E-state index in [4.69, 9.17) is 21.8 Å². The Morgan fingerprint density at radius 3 is 1.73 bits per heavy atom. The second-order valence-corrected chi connectivity index (χ2v) is 15.0. The van der Waals surface area contributed by atoms with Crippen molar-refractivity contribution in [1.82, 2.24) is 14.7 Å². The van der Waals surface area contributed by atoms with Crippen LogP contribution in [0.3, 0.4) is 0 Å². The standard InChI is InChI=1S/C20H45N3O5Si2/c1-21-11-9-20(10-12-21)8-7-18-29(24-3,25-4)28-30(26-5,27-6)19-17-23-15-13-22(2)14-16-23/h20H,7-19H2,1-6H3. The van der Waals surface area contributed by atoms with Gasteiger partial charge in [0.15, 0.2) is 0 Å². The minimum atomic E-state index is -2.87. The molecule has 10 heteroatoms. The molecule has 2 aliphatic heterocycles. The van der Waals surface area contributed by atoms with Crippen molar-refractivity contribution < 1.29 is 21.8 Å². The molecule has 0 radical (unpaired) electrons. The Morgan fingerprint density at radius 1 is 0.700 bits per heavy atom. The first-order chi connectivity index (χ1) is 14.4. The van der Waals surface area contributed by atoms with E-state index in [-0.39, 0.29) is 0 Å². The number of piperidine rings is 1. The lowest BCUT2D eigenvalue weighted by atomic mass is 9.93. The summed E-state index contributed by atoms with van der Waals surface area (Å²) in [4.78, 5) is 7.25. The highest BCUT2D eigenvalue weighted by atomic mass is 28.5. The summed E-state index contributed by atoms with van der Waals surface area (Å²) in [6.45, 7) is 7.66. The maximum atomic E-state index is 6.58. The normalized spacial score (nSPS) is 21.4. The third kappa shape index (κ3) is 7.91. The van der Waals surface area contributed by atoms with E-state index in [0.29, 0.717) is 0 Å². The molecule has 2 heterocycles. The monoisotopic (exact) mass is 463 g/mol. The Morgan fingerprint density at radius 2 is 1.20 bits per heavy atom. The molecule has 0 spiro atoms. The quantitative estimate of drug-likeness (QED) is 0.384. The molecule has 30 heavy (non-hydrogen) atoms. The molecule has 0 saturated carbocycles. The molecule has 2 aliphatic rings. The van der Waals surface area contributed by atoms with Gasteiger partial charge in [-0.2, -0.15) is 0 Å². The molecule has 2 rings (SSSR count). The first-order valence-electron chi connectivity index (χ1n) is 11.4. The van der Waals surface area contributed by atoms with Gasteiger partial charge in [-0.1, -0.05) is 6.42 Å². The van der Waals surface area contributed by atoms with Gasteiger partial charge in [-0.05, 0) is 52.4 Å². The smallest absolute Gasteiger partial charge is 0.377 e. The van der Waals surface area contributed by atoms with E-state index < -0.39 is 17.6 Å². The molecule has 0 N–H and O–H groups in total. The first kappa shape index (κ1) is 26.4. The van der Waals surface area contributed by atoms with Crippen molar-refractivity contribution in [2.45, 2.75) is 37.8 Å². The summed E-state index contributed by atoms with van der Waals surface area (Å²) in [6.07, 6.45) is 4.82. The van der Waals surface area contributed by atoms with E-state index in [1.165, 1.54) is 32.4 Å². The summed E-state index contributed by atoms with van der Waals surface area (Å²) < 4.78 is 30.2. The van der Waals surface area contributed by atoms with Crippen molar-refractivity contribution >= 4 is 17.6 Å². The Balaban J connectivity index is 1.90. The minimum Gasteiger partial charge on any atom is -0.377 e. The highest BCUT2D eigenvalue weighted by Gasteiger charge is 2.51. The molecule has 0 aromatic rings. The van der Waals surface area contributed by atoms with Crippen molar-refractivity contribution in [1.29, 1.82) is 0 Å². The molecule has 178 valence electrons. The third-order valence-corrected chi connectivity index (χ3v) is 13.6. The van der Waals surface area contributed by atoms with Gasteiger partial charge >= 0.3 is 17.6 Å². The van der Waals surface area contributed by atoms with Crippen LogP contribution in [-0.4, -0.2) is 121 Å². The van der Waals surface area contributed by atoms with Crippen LogP contribution >= 0.6 is 0 Å². The Bertz CT molecular complexity index is 467. The topological polar surface area (TPSA) is 55.9 Å². The molecule has 0 atom stereocenters. The predicted molar refractivity (Wildman–Crippen MR) is 124 cm³/mol. The molecule has 2 fully saturated rings. The van der Waals surface area contributed by atoms with E-state index in [1.807, 2.05) is 0 Å². The Kier molecular flexibility index (Phi) is 11.4. The lowest BCUT2D eigenvalue weighted by molar-refractivity contribution is 0.0807. The van der Waals surface area contributed by atoms with Crippen LogP contribution in [0.15, 0.2) is 0 Å². The number of piperazine rings is 1. The lowest BCUT2D eigenvalue weighted by Crippen LogP contribution is -2.58. The van der Waals surface area contributed by atoms with Gasteiger partial charge in [-0.3, -0.25) is 0 Å². The highest BCUT2D eigenvalue weighted by Crippen LogP contribution is 2.29. The third-order valence-electron chi connectivity index (χ3n) is 6.82. The first-order valence-corrected chi connectivity index (χ1v) is 15.3. The number of hydrogen-bond acceptors (Lipinski definition) is 8. The van der Waals surface area contributed by atoms with Crippen molar-refractivity contribution in [3.8, 4) is 0 Å². The SMILES string of the molecule is CO[Si](CCCC1CCN(C)CC1)(OC)O[Si](CCN1CCN(C)CC1)(OC)OC. The molecule has 0 aromatic carbocycles. The van der Waals surface area contributed by atoms with Crippen LogP contribution in [-0.2, 0) is 21.8 Å². The molecular formula is C20H45N3O5Si2. The average Bonchev–Trinajstić information content (AvgIpc) is 2.78. The Labute approximate surface area is 186 Å². The number of hydrogen-bond donors (Lipinski definition) is 0. The van der Waals surface area contributed by atoms with Crippen LogP contribution in [0.1, 0.15) is 25.7 Å². The second-order valence-electron chi connectivity index (χ2n) is 8.82. The van der Waals surface area contributed by atoms with E-state index in [2.05, 4.69) is 28.8 Å². The van der Waals surface area contributed by atoms with Gasteiger partial charge in [0.1, 0.15) is 0 Å². The number of likely N-dealkylation sites (tertiary alicyclic amines) is 1. The maximum absolute atomic E-state index is 6.58. The lowest BCUT2D eigenvalue weighted by Gasteiger charge is -2.38. The van der Waals surface area contributed by atoms with E-state index in [0.717, 1.165) is 57.2 Å². The van der Waals surface area contributed by atoms with Crippen molar-refractivity contribution in [2.24, 2.45) is 5.92 Å². The molecule has 0 amide bonds. The van der Waals surface area contributed by atoms with E-state index in [9.17, 15) is 0 Å². The Hall–Kier alpha value is 0.114. The van der Waals surface area contributed by atoms with Gasteiger partial charge in [0.2, 0.25) is 0 Å². The van der Waals surface area contributed by atoms with Gasteiger partial charge in [0, 0.05) is 73.3 Å². The summed E-state index contributed by atoms with van der Waals surface area (Å²) in [6, 6.07) is 1.56. The van der Waals surface area contributed by atoms with E-state index >= 15 is 0 Å². The van der Waals surface area contributed by atoms with Crippen LogP contribution in [0.4, 0.5) is 0 Å². The fourth-order valence-corrected chi connectivity index (χ4v) is 10.8. The van der Waals surface area contributed by atoms with Crippen LogP contribution < -0.4 is 0 Å². The van der Waals surface area contributed by atoms with Gasteiger partial charge in [0.05, 0.1) is 0 Å². The van der Waals surface area contributed by atoms with Crippen LogP contribution in [0, 0.1) is 5.92 Å². The molecule has 2 saturated heterocycles. The maximum Gasteiger partial charge on any atom is 0.494 e. The summed E-state index contributed by atoms with van der Waals surface area (Å²) in [7, 11) is 5.47. The van der Waals surface area contributed by atoms with Crippen LogP contribution in [0.25, 0.3) is 0 Å². The molecule has 0 aliphatic carbocycles. The van der Waals surface area contributed by atoms with Crippen molar-refractivity contribution in [2.75, 3.05) is 88.3 Å². The fourth-order valence-electron chi connectivity index (χ4n) is 4.41. The summed E-state index contributed by atoms with van der Waals surface area (Å²) >= 11 is 0. The van der Waals surface area contributed by atoms with Crippen molar-refractivity contribution in [3.05, 3.63) is 0 Å². The van der Waals surface area contributed by atoms with Crippen LogP contribution in [0.5, 0.6) is 0 Å². The largest absolute Gasteiger partial charge is 0.494 e. The zero-order valence-electron chi connectivity index (χ0n) is 20.2. The molecule has 0 bridgehead atoms. The predicted octanol–water partition coefficient (Wildman–Crippen LogP) is 1.84. The minimum absolute atomic E-state index is 0.750. The number of likely N-dealkylation sites (N-methyl/N-ethyl adjacent to an activating group) is 1. The summed E-state index contributed by atoms with van der Waals surface area (Å²) in [5.41, 5.74) is 0.